The van der Waals surface area contributed by atoms with Gasteiger partial charge in [-0.15, -0.1) is 0 Å². The summed E-state index contributed by atoms with van der Waals surface area (Å²) in [5, 5.41) is 8.33. The molecule has 0 bridgehead atoms. The van der Waals surface area contributed by atoms with Crippen molar-refractivity contribution >= 4 is 22.4 Å². The molecule has 5 nitrogen and oxygen atoms in total. The summed E-state index contributed by atoms with van der Waals surface area (Å²) in [6.07, 6.45) is 0.767. The molecule has 1 aromatic heterocycles. The quantitative estimate of drug-likeness (QED) is 0.791. The maximum absolute atomic E-state index is 12.8. The number of anilines is 1. The van der Waals surface area contributed by atoms with Crippen molar-refractivity contribution in [3.8, 4) is 0 Å². The van der Waals surface area contributed by atoms with Gasteiger partial charge in [0, 0.05) is 17.6 Å². The van der Waals surface area contributed by atoms with Crippen molar-refractivity contribution in [3.63, 3.8) is 0 Å². The molecular weight excluding hydrogens is 314 g/mol. The Morgan fingerprint density at radius 2 is 1.84 bits per heavy atom. The first kappa shape index (κ1) is 16.9. The predicted octanol–water partition coefficient (Wildman–Crippen LogP) is 3.68. The molecule has 3 rings (SSSR count). The zero-order valence-electron chi connectivity index (χ0n) is 14.7. The van der Waals surface area contributed by atoms with Gasteiger partial charge in [0.05, 0.1) is 5.39 Å². The second-order valence-corrected chi connectivity index (χ2v) is 6.19. The molecule has 0 fully saturated rings. The molecule has 0 spiro atoms. The first-order chi connectivity index (χ1) is 12.0. The molecule has 3 aromatic rings. The fourth-order valence-electron chi connectivity index (χ4n) is 2.90. The number of carbonyl (C=O) groups is 1. The Hall–Kier alpha value is -2.95. The third kappa shape index (κ3) is 3.31. The van der Waals surface area contributed by atoms with Gasteiger partial charge in [-0.25, -0.2) is 4.68 Å². The number of rotatable bonds is 4. The highest BCUT2D eigenvalue weighted by Crippen LogP contribution is 2.19. The molecule has 0 radical (unpaired) electrons. The highest BCUT2D eigenvalue weighted by molar-refractivity contribution is 6.11. The molecule has 1 amide bonds. The second-order valence-electron chi connectivity index (χ2n) is 6.19. The first-order valence-corrected chi connectivity index (χ1v) is 8.39. The molecule has 128 valence electrons. The van der Waals surface area contributed by atoms with Gasteiger partial charge in [0.1, 0.15) is 0 Å². The van der Waals surface area contributed by atoms with Crippen LogP contribution in [0.1, 0.15) is 35.0 Å². The minimum Gasteiger partial charge on any atom is -0.320 e. The van der Waals surface area contributed by atoms with Crippen molar-refractivity contribution in [2.75, 3.05) is 5.32 Å². The van der Waals surface area contributed by atoms with Crippen LogP contribution < -0.4 is 10.9 Å². The SMILES string of the molecule is CCCn1nc(C(=O)Nc2ccc(C)cc2C)c2ccccc2c1=O. The van der Waals surface area contributed by atoms with Crippen LogP contribution in [-0.4, -0.2) is 15.7 Å². The lowest BCUT2D eigenvalue weighted by molar-refractivity contribution is 0.102. The maximum atomic E-state index is 12.8. The van der Waals surface area contributed by atoms with Crippen molar-refractivity contribution in [1.82, 2.24) is 9.78 Å². The Kier molecular flexibility index (Phi) is 4.65. The van der Waals surface area contributed by atoms with E-state index in [4.69, 9.17) is 0 Å². The number of nitrogens with one attached hydrogen (secondary N) is 1. The average Bonchev–Trinajstić information content (AvgIpc) is 2.60. The molecule has 0 unspecified atom stereocenters. The molecule has 0 aliphatic heterocycles. The van der Waals surface area contributed by atoms with E-state index in [1.165, 1.54) is 4.68 Å². The van der Waals surface area contributed by atoms with Gasteiger partial charge in [0.25, 0.3) is 11.5 Å². The Balaban J connectivity index is 2.09. The lowest BCUT2D eigenvalue weighted by atomic mass is 10.1. The monoisotopic (exact) mass is 335 g/mol. The second kappa shape index (κ2) is 6.89. The summed E-state index contributed by atoms with van der Waals surface area (Å²) < 4.78 is 1.37. The van der Waals surface area contributed by atoms with E-state index < -0.39 is 0 Å². The van der Waals surface area contributed by atoms with Crippen LogP contribution in [0.25, 0.3) is 10.8 Å². The van der Waals surface area contributed by atoms with Crippen LogP contribution >= 0.6 is 0 Å². The van der Waals surface area contributed by atoms with Crippen LogP contribution in [0.15, 0.2) is 47.3 Å². The molecule has 5 heteroatoms. The number of aromatic nitrogens is 2. The molecule has 25 heavy (non-hydrogen) atoms. The van der Waals surface area contributed by atoms with Gasteiger partial charge < -0.3 is 5.32 Å². The number of amides is 1. The van der Waals surface area contributed by atoms with Crippen molar-refractivity contribution in [2.24, 2.45) is 0 Å². The number of fused-ring (bicyclic) bond motifs is 1. The molecule has 0 saturated heterocycles. The molecule has 1 N–H and O–H groups in total. The summed E-state index contributed by atoms with van der Waals surface area (Å²) in [6, 6.07) is 12.9. The average molecular weight is 335 g/mol. The van der Waals surface area contributed by atoms with E-state index in [1.807, 2.05) is 45.0 Å². The molecule has 0 aliphatic carbocycles. The van der Waals surface area contributed by atoms with E-state index >= 15 is 0 Å². The Morgan fingerprint density at radius 3 is 2.52 bits per heavy atom. The summed E-state index contributed by atoms with van der Waals surface area (Å²) in [5.41, 5.74) is 2.97. The molecule has 1 heterocycles. The fourth-order valence-corrected chi connectivity index (χ4v) is 2.90. The topological polar surface area (TPSA) is 64.0 Å². The van der Waals surface area contributed by atoms with Gasteiger partial charge in [-0.05, 0) is 38.0 Å². The van der Waals surface area contributed by atoms with Crippen LogP contribution in [0.5, 0.6) is 0 Å². The summed E-state index contributed by atoms with van der Waals surface area (Å²) in [5.74, 6) is -0.312. The molecular formula is C20H21N3O2. The van der Waals surface area contributed by atoms with E-state index in [0.717, 1.165) is 23.2 Å². The summed E-state index contributed by atoms with van der Waals surface area (Å²) in [7, 11) is 0. The van der Waals surface area contributed by atoms with E-state index in [9.17, 15) is 9.59 Å². The van der Waals surface area contributed by atoms with Gasteiger partial charge in [0.2, 0.25) is 0 Å². The van der Waals surface area contributed by atoms with Crippen LogP contribution in [-0.2, 0) is 6.54 Å². The minimum atomic E-state index is -0.312. The fraction of sp³-hybridized carbons (Fsp3) is 0.250. The van der Waals surface area contributed by atoms with Crippen LogP contribution in [0.4, 0.5) is 5.69 Å². The largest absolute Gasteiger partial charge is 0.320 e. The van der Waals surface area contributed by atoms with Crippen molar-refractivity contribution in [3.05, 3.63) is 69.6 Å². The zero-order valence-corrected chi connectivity index (χ0v) is 14.7. The molecule has 2 aromatic carbocycles. The maximum Gasteiger partial charge on any atom is 0.276 e. The van der Waals surface area contributed by atoms with E-state index in [0.29, 0.717) is 17.3 Å². The lowest BCUT2D eigenvalue weighted by Gasteiger charge is -2.12. The lowest BCUT2D eigenvalue weighted by Crippen LogP contribution is -2.27. The third-order valence-electron chi connectivity index (χ3n) is 4.15. The van der Waals surface area contributed by atoms with E-state index in [2.05, 4.69) is 10.4 Å². The molecule has 0 aliphatic rings. The number of hydrogen-bond donors (Lipinski definition) is 1. The van der Waals surface area contributed by atoms with Crippen LogP contribution in [0, 0.1) is 13.8 Å². The number of benzene rings is 2. The Bertz CT molecular complexity index is 1010. The summed E-state index contributed by atoms with van der Waals surface area (Å²) in [4.78, 5) is 25.4. The number of nitrogens with zero attached hydrogens (tertiary/aromatic N) is 2. The van der Waals surface area contributed by atoms with E-state index in [-0.39, 0.29) is 17.2 Å². The molecule has 0 atom stereocenters. The van der Waals surface area contributed by atoms with Gasteiger partial charge >= 0.3 is 0 Å². The highest BCUT2D eigenvalue weighted by atomic mass is 16.2. The summed E-state index contributed by atoms with van der Waals surface area (Å²) in [6.45, 7) is 6.41. The zero-order chi connectivity index (χ0) is 18.0. The van der Waals surface area contributed by atoms with Gasteiger partial charge in [-0.1, -0.05) is 42.8 Å². The van der Waals surface area contributed by atoms with Crippen molar-refractivity contribution in [1.29, 1.82) is 0 Å². The predicted molar refractivity (Wildman–Crippen MR) is 100 cm³/mol. The highest BCUT2D eigenvalue weighted by Gasteiger charge is 2.17. The van der Waals surface area contributed by atoms with Crippen molar-refractivity contribution < 1.29 is 4.79 Å². The number of hydrogen-bond acceptors (Lipinski definition) is 3. The first-order valence-electron chi connectivity index (χ1n) is 8.39. The van der Waals surface area contributed by atoms with E-state index in [1.54, 1.807) is 18.2 Å². The Labute approximate surface area is 146 Å². The molecule has 0 saturated carbocycles. The van der Waals surface area contributed by atoms with Crippen LogP contribution in [0.3, 0.4) is 0 Å². The van der Waals surface area contributed by atoms with Gasteiger partial charge in [-0.2, -0.15) is 5.10 Å². The van der Waals surface area contributed by atoms with Crippen molar-refractivity contribution in [2.45, 2.75) is 33.7 Å². The third-order valence-corrected chi connectivity index (χ3v) is 4.15. The van der Waals surface area contributed by atoms with Crippen LogP contribution in [0.2, 0.25) is 0 Å². The minimum absolute atomic E-state index is 0.166. The number of aryl methyl sites for hydroxylation is 3. The Morgan fingerprint density at radius 1 is 1.12 bits per heavy atom. The summed E-state index contributed by atoms with van der Waals surface area (Å²) >= 11 is 0. The van der Waals surface area contributed by atoms with Gasteiger partial charge in [-0.3, -0.25) is 9.59 Å². The smallest absolute Gasteiger partial charge is 0.276 e. The standard InChI is InChI=1S/C20H21N3O2/c1-4-11-23-20(25)16-8-6-5-7-15(16)18(22-23)19(24)21-17-10-9-13(2)12-14(17)3/h5-10,12H,4,11H2,1-3H3,(H,21,24). The number of carbonyl (C=O) groups excluding carboxylic acids is 1. The van der Waals surface area contributed by atoms with Gasteiger partial charge in [0.15, 0.2) is 5.69 Å². The normalized spacial score (nSPS) is 10.8.